The van der Waals surface area contributed by atoms with E-state index in [4.69, 9.17) is 20.2 Å². The van der Waals surface area contributed by atoms with Crippen LogP contribution in [0.5, 0.6) is 0 Å². The summed E-state index contributed by atoms with van der Waals surface area (Å²) in [6.07, 6.45) is 7.13. The zero-order chi connectivity index (χ0) is 64.7. The van der Waals surface area contributed by atoms with Gasteiger partial charge in [0.2, 0.25) is 11.8 Å². The van der Waals surface area contributed by atoms with Gasteiger partial charge in [0.1, 0.15) is 16.5 Å². The number of carbonyl (C=O) groups is 11. The van der Waals surface area contributed by atoms with Gasteiger partial charge in [0.05, 0.1) is 25.1 Å². The molecule has 0 radical (unpaired) electrons. The van der Waals surface area contributed by atoms with Crippen molar-refractivity contribution in [3.63, 3.8) is 0 Å². The van der Waals surface area contributed by atoms with Crippen molar-refractivity contribution in [2.75, 3.05) is 40.3 Å². The van der Waals surface area contributed by atoms with Crippen LogP contribution in [0.4, 0.5) is 4.79 Å². The van der Waals surface area contributed by atoms with Gasteiger partial charge in [-0.25, -0.2) is 9.78 Å². The Morgan fingerprint density at radius 1 is 0.851 bits per heavy atom. The van der Waals surface area contributed by atoms with Crippen LogP contribution >= 0.6 is 11.3 Å². The monoisotopic (exact) mass is 1230 g/mol. The molecule has 10 atom stereocenters. The number of hydrogen-bond donors (Lipinski definition) is 4. The van der Waals surface area contributed by atoms with E-state index in [0.29, 0.717) is 55.1 Å². The maximum absolute atomic E-state index is 14.8. The minimum Gasteiger partial charge on any atom is -0.469 e. The number of ether oxygens (including phenoxy) is 2. The number of likely N-dealkylation sites (tertiary alicyclic amines) is 1. The number of nitrogens with zero attached hydrogens (tertiary/aromatic N) is 4. The molecule has 0 saturated carbocycles. The molecule has 7 amide bonds. The Balaban J connectivity index is 1.48. The minimum atomic E-state index is -0.955. The summed E-state index contributed by atoms with van der Waals surface area (Å²) in [6.45, 7) is 20.4. The van der Waals surface area contributed by atoms with Crippen molar-refractivity contribution in [1.82, 2.24) is 35.6 Å². The van der Waals surface area contributed by atoms with E-state index in [-0.39, 0.29) is 129 Å². The van der Waals surface area contributed by atoms with Crippen LogP contribution in [0.25, 0.3) is 0 Å². The highest BCUT2D eigenvalue weighted by Crippen LogP contribution is 2.34. The molecule has 2 aliphatic heterocycles. The van der Waals surface area contributed by atoms with E-state index in [0.717, 1.165) is 41.2 Å². The van der Waals surface area contributed by atoms with E-state index in [1.807, 2.05) is 72.5 Å². The average Bonchev–Trinajstić information content (AvgIpc) is 2.83. The summed E-state index contributed by atoms with van der Waals surface area (Å²) in [7, 11) is 3.27. The first-order chi connectivity index (χ1) is 41.2. The predicted octanol–water partition coefficient (Wildman–Crippen LogP) is 7.66. The molecule has 87 heavy (non-hydrogen) atoms. The second-order valence-electron chi connectivity index (χ2n) is 24.7. The summed E-state index contributed by atoms with van der Waals surface area (Å²) in [5.74, 6) is -5.01. The van der Waals surface area contributed by atoms with Crippen LogP contribution in [-0.2, 0) is 65.5 Å². The molecule has 1 aromatic carbocycles. The number of benzene rings is 1. The van der Waals surface area contributed by atoms with Gasteiger partial charge >= 0.3 is 18.0 Å². The zero-order valence-corrected chi connectivity index (χ0v) is 54.3. The minimum absolute atomic E-state index is 0.0335. The van der Waals surface area contributed by atoms with E-state index in [1.165, 1.54) is 26.2 Å². The summed E-state index contributed by atoms with van der Waals surface area (Å²) in [6, 6.07) is 4.23. The molecule has 0 spiro atoms. The van der Waals surface area contributed by atoms with E-state index in [1.54, 1.807) is 24.4 Å². The highest BCUT2D eigenvalue weighted by molar-refractivity contribution is 7.09. The maximum Gasteiger partial charge on any atom is 0.312 e. The van der Waals surface area contributed by atoms with Gasteiger partial charge in [-0.3, -0.25) is 57.7 Å². The Hall–Kier alpha value is -6.68. The third kappa shape index (κ3) is 23.1. The average molecular weight is 1230 g/mol. The standard InChI is InChI=1S/C65H98N8O13S/c1-13-42(8)50(36-56(77)54-31-41(7)27-30-71(54)11)63(82)72(14-2)53(40(5)6)37-57(86-44(10)74)62-70-52(38-87-62)61(81)68-47(32-43(9)64(83)85-12)33-45-21-23-46(24-22-45)34-55(76)51(20-18-28-67-65(66)84)69-60(80)49(39(3)4)35-48(75)19-16-15-17-29-73-58(78)25-26-59(73)79/h21-26,38-43,47,49-51,53-54,57H,13-20,27-37H2,1-12H3,(H,68,81)(H,69,80)(H3,66,67,84)/t41-,42+,43+,47-,49+,50+,51+,53-,54-,57-/m1/s1. The number of carbonyl (C=O) groups excluding carboxylic acids is 11. The lowest BCUT2D eigenvalue weighted by Crippen LogP contribution is -2.50. The highest BCUT2D eigenvalue weighted by atomic mass is 32.1. The number of aromatic nitrogens is 1. The van der Waals surface area contributed by atoms with E-state index in [2.05, 4.69) is 27.8 Å². The third-order valence-electron chi connectivity index (χ3n) is 17.1. The van der Waals surface area contributed by atoms with Gasteiger partial charge in [-0.15, -0.1) is 11.3 Å². The molecule has 0 aliphatic carbocycles. The predicted molar refractivity (Wildman–Crippen MR) is 332 cm³/mol. The molecule has 21 nitrogen and oxygen atoms in total. The number of unbranched alkanes of at least 4 members (excludes halogenated alkanes) is 2. The first-order valence-electron chi connectivity index (χ1n) is 31.2. The van der Waals surface area contributed by atoms with Gasteiger partial charge in [-0.1, -0.05) is 92.5 Å². The number of esters is 2. The van der Waals surface area contributed by atoms with Gasteiger partial charge in [0, 0.05) is 100 Å². The van der Waals surface area contributed by atoms with Crippen molar-refractivity contribution in [2.24, 2.45) is 47.2 Å². The number of piperidine rings is 1. The number of urea groups is 1. The van der Waals surface area contributed by atoms with Crippen molar-refractivity contribution < 1.29 is 62.2 Å². The normalized spacial score (nSPS) is 18.0. The Morgan fingerprint density at radius 3 is 2.11 bits per heavy atom. The number of imide groups is 1. The first-order valence-corrected chi connectivity index (χ1v) is 32.1. The number of amides is 7. The molecule has 22 heteroatoms. The number of thiazole rings is 1. The molecule has 482 valence electrons. The molecule has 3 heterocycles. The fourth-order valence-corrected chi connectivity index (χ4v) is 12.4. The van der Waals surface area contributed by atoms with Gasteiger partial charge in [-0.2, -0.15) is 0 Å². The van der Waals surface area contributed by atoms with Crippen LogP contribution in [-0.4, -0.2) is 149 Å². The molecule has 1 aromatic heterocycles. The van der Waals surface area contributed by atoms with Crippen molar-refractivity contribution in [3.8, 4) is 0 Å². The molecular formula is C65H98N8O13S. The van der Waals surface area contributed by atoms with Crippen LogP contribution in [0.1, 0.15) is 185 Å². The van der Waals surface area contributed by atoms with E-state index in [9.17, 15) is 52.7 Å². The maximum atomic E-state index is 14.8. The molecule has 2 aromatic rings. The third-order valence-corrected chi connectivity index (χ3v) is 18.1. The van der Waals surface area contributed by atoms with Gasteiger partial charge in [0.25, 0.3) is 17.7 Å². The number of Topliss-reactive ketones (excluding diaryl/α,β-unsaturated/α-hetero) is 3. The fourth-order valence-electron chi connectivity index (χ4n) is 11.6. The van der Waals surface area contributed by atoms with Crippen molar-refractivity contribution in [2.45, 2.75) is 196 Å². The SMILES string of the molecule is CC[C@H](C)[C@H](CC(=O)[C@H]1C[C@H](C)CCN1C)C(=O)N(CC)[C@H](C[C@@H](OC(C)=O)c1nc(C(=O)N[C@@H](Cc2ccc(CC(=O)[C@H](CCCNC(N)=O)NC(=O)[C@@H](CC(=O)CCCCCN3C(=O)C=CC3=O)C(C)C)cc2)C[C@H](C)C(=O)OC)cs1)C(C)C. The quantitative estimate of drug-likeness (QED) is 0.0285. The van der Waals surface area contributed by atoms with Gasteiger partial charge < -0.3 is 36.1 Å². The zero-order valence-electron chi connectivity index (χ0n) is 53.5. The molecule has 0 bridgehead atoms. The number of hydrogen-bond acceptors (Lipinski definition) is 16. The molecule has 1 fully saturated rings. The van der Waals surface area contributed by atoms with Crippen LogP contribution in [0.15, 0.2) is 41.8 Å². The molecule has 1 saturated heterocycles. The second kappa shape index (κ2) is 36.0. The number of nitrogens with one attached hydrogen (secondary N) is 3. The van der Waals surface area contributed by atoms with Gasteiger partial charge in [0.15, 0.2) is 17.7 Å². The largest absolute Gasteiger partial charge is 0.469 e. The van der Waals surface area contributed by atoms with Crippen LogP contribution in [0, 0.1) is 41.4 Å². The topological polar surface area (TPSA) is 291 Å². The van der Waals surface area contributed by atoms with Crippen molar-refractivity contribution in [1.29, 1.82) is 0 Å². The lowest BCUT2D eigenvalue weighted by Gasteiger charge is -2.39. The summed E-state index contributed by atoms with van der Waals surface area (Å²) in [5, 5.41) is 10.4. The van der Waals surface area contributed by atoms with Crippen LogP contribution < -0.4 is 21.7 Å². The lowest BCUT2D eigenvalue weighted by molar-refractivity contribution is -0.150. The van der Waals surface area contributed by atoms with Crippen molar-refractivity contribution >= 4 is 76.2 Å². The number of rotatable bonds is 38. The molecular weight excluding hydrogens is 1130 g/mol. The second-order valence-corrected chi connectivity index (χ2v) is 25.6. The van der Waals surface area contributed by atoms with E-state index >= 15 is 0 Å². The summed E-state index contributed by atoms with van der Waals surface area (Å²) >= 11 is 1.15. The Morgan fingerprint density at radius 2 is 1.52 bits per heavy atom. The van der Waals surface area contributed by atoms with Crippen LogP contribution in [0.3, 0.4) is 0 Å². The first kappa shape index (κ1) is 72.8. The number of nitrogens with two attached hydrogens (primary N) is 1. The number of methoxy groups -OCH3 is 1. The van der Waals surface area contributed by atoms with E-state index < -0.39 is 71.8 Å². The fraction of sp³-hybridized carbons (Fsp3) is 0.662. The number of ketones is 3. The summed E-state index contributed by atoms with van der Waals surface area (Å²) < 4.78 is 11.0. The van der Waals surface area contributed by atoms with Crippen LogP contribution in [0.2, 0.25) is 0 Å². The highest BCUT2D eigenvalue weighted by Gasteiger charge is 2.40. The Bertz CT molecular complexity index is 2690. The Labute approximate surface area is 518 Å². The lowest BCUT2D eigenvalue weighted by atomic mass is 9.81. The summed E-state index contributed by atoms with van der Waals surface area (Å²) in [4.78, 5) is 155. The molecule has 0 unspecified atom stereocenters. The smallest absolute Gasteiger partial charge is 0.312 e. The van der Waals surface area contributed by atoms with Crippen molar-refractivity contribution in [3.05, 3.63) is 63.6 Å². The van der Waals surface area contributed by atoms with Gasteiger partial charge in [-0.05, 0) is 107 Å². The molecule has 4 rings (SSSR count). The molecule has 5 N–H and O–H groups in total. The Kier molecular flexibility index (Phi) is 30.1. The number of likely N-dealkylation sites (N-methyl/N-ethyl adjacent to an activating group) is 1. The molecule has 2 aliphatic rings. The number of primary amides is 1. The summed E-state index contributed by atoms with van der Waals surface area (Å²) in [5.41, 5.74) is 6.75.